The van der Waals surface area contributed by atoms with Gasteiger partial charge in [-0.05, 0) is 37.8 Å². The minimum atomic E-state index is -0.861. The Morgan fingerprint density at radius 3 is 2.78 bits per heavy atom. The maximum absolute atomic E-state index is 12.3. The van der Waals surface area contributed by atoms with Crippen molar-refractivity contribution in [1.29, 1.82) is 5.26 Å². The molecule has 142 valence electrons. The normalized spacial score (nSPS) is 17.9. The van der Waals surface area contributed by atoms with Gasteiger partial charge in [-0.25, -0.2) is 0 Å². The van der Waals surface area contributed by atoms with Gasteiger partial charge in [0.25, 0.3) is 5.91 Å². The molecule has 0 unspecified atom stereocenters. The van der Waals surface area contributed by atoms with Crippen LogP contribution in [0.5, 0.6) is 5.75 Å². The van der Waals surface area contributed by atoms with E-state index in [0.29, 0.717) is 24.3 Å². The smallest absolute Gasteiger partial charge is 0.326 e. The van der Waals surface area contributed by atoms with Crippen molar-refractivity contribution >= 4 is 23.5 Å². The third-order valence-electron chi connectivity index (χ3n) is 4.73. The zero-order valence-corrected chi connectivity index (χ0v) is 14.9. The lowest BCUT2D eigenvalue weighted by Gasteiger charge is -2.22. The van der Waals surface area contributed by atoms with Gasteiger partial charge < -0.3 is 14.8 Å². The minimum absolute atomic E-state index is 0.146. The van der Waals surface area contributed by atoms with E-state index < -0.39 is 24.0 Å². The van der Waals surface area contributed by atoms with Crippen LogP contribution in [-0.2, 0) is 19.1 Å². The average Bonchev–Trinajstić information content (AvgIpc) is 3.07. The first-order valence-corrected chi connectivity index (χ1v) is 8.93. The third kappa shape index (κ3) is 4.37. The van der Waals surface area contributed by atoms with Crippen molar-refractivity contribution in [2.75, 3.05) is 24.7 Å². The van der Waals surface area contributed by atoms with Gasteiger partial charge in [0.2, 0.25) is 5.91 Å². The number of benzene rings is 1. The van der Waals surface area contributed by atoms with Crippen LogP contribution in [0, 0.1) is 11.3 Å². The second kappa shape index (κ2) is 8.08. The van der Waals surface area contributed by atoms with E-state index >= 15 is 0 Å². The van der Waals surface area contributed by atoms with E-state index in [1.165, 1.54) is 4.90 Å². The number of ether oxygens (including phenoxy) is 2. The van der Waals surface area contributed by atoms with E-state index in [1.807, 2.05) is 0 Å². The zero-order chi connectivity index (χ0) is 19.3. The molecule has 0 atom stereocenters. The summed E-state index contributed by atoms with van der Waals surface area (Å²) in [5.41, 5.74) is -0.364. The topological polar surface area (TPSA) is 109 Å². The van der Waals surface area contributed by atoms with Crippen molar-refractivity contribution in [3.05, 3.63) is 24.3 Å². The van der Waals surface area contributed by atoms with Gasteiger partial charge in [-0.1, -0.05) is 12.1 Å². The number of carbonyl (C=O) groups is 3. The Balaban J connectivity index is 1.57. The van der Waals surface area contributed by atoms with E-state index in [2.05, 4.69) is 11.4 Å². The van der Waals surface area contributed by atoms with Crippen LogP contribution in [-0.4, -0.2) is 43.1 Å². The molecule has 1 aromatic carbocycles. The van der Waals surface area contributed by atoms with Gasteiger partial charge in [0.1, 0.15) is 17.8 Å². The first-order chi connectivity index (χ1) is 13.0. The summed E-state index contributed by atoms with van der Waals surface area (Å²) in [5.74, 6) is -0.952. The molecule has 8 nitrogen and oxygen atoms in total. The number of amides is 2. The van der Waals surface area contributed by atoms with Crippen molar-refractivity contribution in [2.24, 2.45) is 0 Å². The van der Waals surface area contributed by atoms with E-state index in [0.717, 1.165) is 12.8 Å². The Morgan fingerprint density at radius 1 is 1.30 bits per heavy atom. The van der Waals surface area contributed by atoms with Gasteiger partial charge >= 0.3 is 5.97 Å². The standard InChI is InChI=1S/C19H21N3O5/c20-13-19(8-3-4-9-19)21-16(23)12-27-18(25)11-22-14-5-1-2-6-15(14)26-10-7-17(22)24/h1-2,5-6H,3-4,7-12H2,(H,21,23). The van der Waals surface area contributed by atoms with E-state index in [9.17, 15) is 19.6 Å². The second-order valence-electron chi connectivity index (χ2n) is 6.66. The van der Waals surface area contributed by atoms with Gasteiger partial charge in [0.05, 0.1) is 24.8 Å². The summed E-state index contributed by atoms with van der Waals surface area (Å²) < 4.78 is 10.5. The Labute approximate surface area is 157 Å². The first kappa shape index (κ1) is 18.7. The lowest BCUT2D eigenvalue weighted by molar-refractivity contribution is -0.148. The number of para-hydroxylation sites is 2. The summed E-state index contributed by atoms with van der Waals surface area (Å²) in [6, 6.07) is 9.09. The first-order valence-electron chi connectivity index (χ1n) is 8.93. The Morgan fingerprint density at radius 2 is 2.04 bits per heavy atom. The average molecular weight is 371 g/mol. The van der Waals surface area contributed by atoms with Crippen molar-refractivity contribution in [3.63, 3.8) is 0 Å². The molecule has 27 heavy (non-hydrogen) atoms. The third-order valence-corrected chi connectivity index (χ3v) is 4.73. The summed E-state index contributed by atoms with van der Waals surface area (Å²) in [5, 5.41) is 11.9. The molecule has 0 aromatic heterocycles. The summed E-state index contributed by atoms with van der Waals surface area (Å²) in [4.78, 5) is 37.8. The highest BCUT2D eigenvalue weighted by atomic mass is 16.5. The number of anilines is 1. The van der Waals surface area contributed by atoms with Gasteiger partial charge in [-0.15, -0.1) is 0 Å². The number of rotatable bonds is 5. The molecule has 2 aliphatic rings. The number of fused-ring (bicyclic) bond motifs is 1. The van der Waals surface area contributed by atoms with Crippen LogP contribution >= 0.6 is 0 Å². The highest BCUT2D eigenvalue weighted by molar-refractivity contribution is 5.99. The fraction of sp³-hybridized carbons (Fsp3) is 0.474. The quantitative estimate of drug-likeness (QED) is 0.782. The number of nitrogens with one attached hydrogen (secondary N) is 1. The molecule has 1 heterocycles. The highest BCUT2D eigenvalue weighted by Crippen LogP contribution is 2.31. The van der Waals surface area contributed by atoms with E-state index in [1.54, 1.807) is 24.3 Å². The van der Waals surface area contributed by atoms with Gasteiger partial charge in [-0.3, -0.25) is 19.3 Å². The predicted molar refractivity (Wildman–Crippen MR) is 94.8 cm³/mol. The van der Waals surface area contributed by atoms with Crippen LogP contribution in [0.25, 0.3) is 0 Å². The van der Waals surface area contributed by atoms with Crippen LogP contribution in [0.2, 0.25) is 0 Å². The fourth-order valence-electron chi connectivity index (χ4n) is 3.36. The zero-order valence-electron chi connectivity index (χ0n) is 14.9. The van der Waals surface area contributed by atoms with Crippen LogP contribution < -0.4 is 15.0 Å². The highest BCUT2D eigenvalue weighted by Gasteiger charge is 2.35. The van der Waals surface area contributed by atoms with Crippen LogP contribution in [0.4, 0.5) is 5.69 Å². The molecule has 1 aliphatic heterocycles. The molecule has 0 saturated heterocycles. The van der Waals surface area contributed by atoms with Crippen LogP contribution in [0.1, 0.15) is 32.1 Å². The van der Waals surface area contributed by atoms with Crippen LogP contribution in [0.15, 0.2) is 24.3 Å². The maximum Gasteiger partial charge on any atom is 0.326 e. The van der Waals surface area contributed by atoms with Crippen molar-refractivity contribution in [2.45, 2.75) is 37.6 Å². The molecule has 0 spiro atoms. The molecule has 1 aliphatic carbocycles. The van der Waals surface area contributed by atoms with Crippen molar-refractivity contribution in [1.82, 2.24) is 5.32 Å². The lowest BCUT2D eigenvalue weighted by Crippen LogP contribution is -2.47. The molecule has 2 amide bonds. The maximum atomic E-state index is 12.3. The number of hydrogen-bond donors (Lipinski definition) is 1. The van der Waals surface area contributed by atoms with Gasteiger partial charge in [-0.2, -0.15) is 5.26 Å². The molecule has 1 fully saturated rings. The molecule has 1 aromatic rings. The molecule has 8 heteroatoms. The summed E-state index contributed by atoms with van der Waals surface area (Å²) >= 11 is 0. The lowest BCUT2D eigenvalue weighted by atomic mass is 10.00. The molecule has 1 saturated carbocycles. The van der Waals surface area contributed by atoms with E-state index in [-0.39, 0.29) is 25.5 Å². The Bertz CT molecular complexity index is 780. The molecular formula is C19H21N3O5. The Kier molecular flexibility index (Phi) is 5.60. The number of carbonyl (C=O) groups excluding carboxylic acids is 3. The van der Waals surface area contributed by atoms with Gasteiger partial charge in [0.15, 0.2) is 6.61 Å². The fourth-order valence-corrected chi connectivity index (χ4v) is 3.36. The number of nitriles is 1. The SMILES string of the molecule is N#CC1(NC(=O)COC(=O)CN2C(=O)CCOc3ccccc32)CCCC1. The Hall–Kier alpha value is -3.08. The van der Waals surface area contributed by atoms with Crippen LogP contribution in [0.3, 0.4) is 0 Å². The molecule has 3 rings (SSSR count). The van der Waals surface area contributed by atoms with E-state index in [4.69, 9.17) is 9.47 Å². The number of hydrogen-bond acceptors (Lipinski definition) is 6. The summed E-state index contributed by atoms with van der Waals surface area (Å²) in [7, 11) is 0. The molecular weight excluding hydrogens is 350 g/mol. The van der Waals surface area contributed by atoms with Gasteiger partial charge in [0, 0.05) is 0 Å². The summed E-state index contributed by atoms with van der Waals surface area (Å²) in [6.45, 7) is -0.557. The second-order valence-corrected chi connectivity index (χ2v) is 6.66. The number of nitrogens with zero attached hydrogens (tertiary/aromatic N) is 2. The number of esters is 1. The monoisotopic (exact) mass is 371 g/mol. The van der Waals surface area contributed by atoms with Crippen molar-refractivity contribution in [3.8, 4) is 11.8 Å². The molecule has 1 N–H and O–H groups in total. The largest absolute Gasteiger partial charge is 0.491 e. The predicted octanol–water partition coefficient (Wildman–Crippen LogP) is 1.30. The summed E-state index contributed by atoms with van der Waals surface area (Å²) in [6.07, 6.45) is 3.11. The molecule has 0 bridgehead atoms. The van der Waals surface area contributed by atoms with Crippen molar-refractivity contribution < 1.29 is 23.9 Å². The minimum Gasteiger partial charge on any atom is -0.491 e. The molecule has 0 radical (unpaired) electrons.